The van der Waals surface area contributed by atoms with Crippen LogP contribution in [0.4, 0.5) is 0 Å². The first-order valence-electron chi connectivity index (χ1n) is 5.41. The highest BCUT2D eigenvalue weighted by atomic mass is 35.5. The number of hydrogen-bond donors (Lipinski definition) is 0. The van der Waals surface area contributed by atoms with Crippen molar-refractivity contribution >= 4 is 23.2 Å². The molecule has 0 aliphatic carbocycles. The number of benzene rings is 1. The fraction of sp³-hybridized carbons (Fsp3) is 0.0714. The van der Waals surface area contributed by atoms with Crippen LogP contribution < -0.4 is 0 Å². The van der Waals surface area contributed by atoms with Crippen LogP contribution in [0.15, 0.2) is 41.7 Å². The molecule has 0 fully saturated rings. The summed E-state index contributed by atoms with van der Waals surface area (Å²) in [5.74, 6) is 5.87. The third kappa shape index (κ3) is 3.54. The second-order valence-corrected chi connectivity index (χ2v) is 4.48. The first-order chi connectivity index (χ1) is 9.20. The molecule has 5 heteroatoms. The van der Waals surface area contributed by atoms with E-state index in [9.17, 15) is 4.91 Å². The van der Waals surface area contributed by atoms with Crippen molar-refractivity contribution in [2.45, 2.75) is 6.54 Å². The predicted octanol–water partition coefficient (Wildman–Crippen LogP) is 4.05. The Morgan fingerprint density at radius 2 is 1.89 bits per heavy atom. The third-order valence-electron chi connectivity index (χ3n) is 2.40. The molecule has 0 saturated heterocycles. The highest BCUT2D eigenvalue weighted by Crippen LogP contribution is 2.16. The first-order valence-corrected chi connectivity index (χ1v) is 6.16. The van der Waals surface area contributed by atoms with Gasteiger partial charge in [-0.25, -0.2) is 4.98 Å². The Kier molecular flexibility index (Phi) is 4.51. The Morgan fingerprint density at radius 3 is 2.63 bits per heavy atom. The molecule has 19 heavy (non-hydrogen) atoms. The van der Waals surface area contributed by atoms with E-state index in [1.165, 1.54) is 6.20 Å². The van der Waals surface area contributed by atoms with Gasteiger partial charge in [-0.3, -0.25) is 0 Å². The van der Waals surface area contributed by atoms with E-state index >= 15 is 0 Å². The first kappa shape index (κ1) is 13.5. The van der Waals surface area contributed by atoms with Gasteiger partial charge in [0, 0.05) is 17.3 Å². The molecule has 0 aliphatic heterocycles. The molecule has 0 radical (unpaired) electrons. The summed E-state index contributed by atoms with van der Waals surface area (Å²) in [4.78, 5) is 14.3. The fourth-order valence-electron chi connectivity index (χ4n) is 1.48. The summed E-state index contributed by atoms with van der Waals surface area (Å²) >= 11 is 11.8. The van der Waals surface area contributed by atoms with Crippen molar-refractivity contribution in [1.82, 2.24) is 4.98 Å². The Hall–Kier alpha value is -1.89. The van der Waals surface area contributed by atoms with Gasteiger partial charge in [0.1, 0.15) is 11.7 Å². The normalized spacial score (nSPS) is 9.58. The minimum atomic E-state index is 0.00871. The maximum atomic E-state index is 10.4. The zero-order valence-corrected chi connectivity index (χ0v) is 11.2. The Balaban J connectivity index is 2.39. The topological polar surface area (TPSA) is 42.3 Å². The van der Waals surface area contributed by atoms with E-state index in [0.29, 0.717) is 26.9 Å². The smallest absolute Gasteiger partial charge is 0.129 e. The average Bonchev–Trinajstić information content (AvgIpc) is 2.40. The number of aromatic nitrogens is 1. The van der Waals surface area contributed by atoms with Crippen molar-refractivity contribution in [3.8, 4) is 11.8 Å². The molecule has 0 aliphatic rings. The molecule has 0 spiro atoms. The quantitative estimate of drug-likeness (QED) is 0.476. The van der Waals surface area contributed by atoms with Gasteiger partial charge in [0.15, 0.2) is 0 Å². The summed E-state index contributed by atoms with van der Waals surface area (Å²) in [6.45, 7) is 0.00871. The van der Waals surface area contributed by atoms with Crippen molar-refractivity contribution < 1.29 is 0 Å². The van der Waals surface area contributed by atoms with E-state index in [-0.39, 0.29) is 6.54 Å². The van der Waals surface area contributed by atoms with Crippen LogP contribution in [0.3, 0.4) is 0 Å². The van der Waals surface area contributed by atoms with Crippen molar-refractivity contribution in [2.24, 2.45) is 5.18 Å². The number of nitrogens with zero attached hydrogens (tertiary/aromatic N) is 2. The maximum absolute atomic E-state index is 10.4. The summed E-state index contributed by atoms with van der Waals surface area (Å²) in [5.41, 5.74) is 1.97. The molecule has 0 atom stereocenters. The second kappa shape index (κ2) is 6.33. The van der Waals surface area contributed by atoms with E-state index < -0.39 is 0 Å². The third-order valence-corrected chi connectivity index (χ3v) is 2.93. The van der Waals surface area contributed by atoms with Gasteiger partial charge in [0.25, 0.3) is 0 Å². The standard InChI is InChI=1S/C14H8Cl2N2O/c15-13-4-2-1-3-10(13)5-6-11-8-17-14(16)7-12(11)9-18-19/h1-4,7-8H,9H2. The highest BCUT2D eigenvalue weighted by molar-refractivity contribution is 6.31. The second-order valence-electron chi connectivity index (χ2n) is 3.68. The van der Waals surface area contributed by atoms with Crippen LogP contribution >= 0.6 is 23.2 Å². The molecule has 0 N–H and O–H groups in total. The number of halogens is 2. The molecule has 1 heterocycles. The molecule has 0 amide bonds. The van der Waals surface area contributed by atoms with Crippen LogP contribution in [-0.4, -0.2) is 4.98 Å². The van der Waals surface area contributed by atoms with Gasteiger partial charge in [-0.1, -0.05) is 52.4 Å². The Labute approximate surface area is 120 Å². The van der Waals surface area contributed by atoms with Gasteiger partial charge < -0.3 is 0 Å². The summed E-state index contributed by atoms with van der Waals surface area (Å²) in [5, 5.41) is 3.73. The van der Waals surface area contributed by atoms with Gasteiger partial charge >= 0.3 is 0 Å². The lowest BCUT2D eigenvalue weighted by atomic mass is 10.1. The van der Waals surface area contributed by atoms with Crippen molar-refractivity contribution in [3.05, 3.63) is 68.3 Å². The van der Waals surface area contributed by atoms with E-state index in [0.717, 1.165) is 0 Å². The predicted molar refractivity (Wildman–Crippen MR) is 76.2 cm³/mol. The lowest BCUT2D eigenvalue weighted by molar-refractivity contribution is 1.04. The summed E-state index contributed by atoms with van der Waals surface area (Å²) < 4.78 is 0. The largest absolute Gasteiger partial charge is 0.243 e. The van der Waals surface area contributed by atoms with E-state index in [1.54, 1.807) is 12.1 Å². The fourth-order valence-corrected chi connectivity index (χ4v) is 1.84. The van der Waals surface area contributed by atoms with E-state index in [1.807, 2.05) is 18.2 Å². The monoisotopic (exact) mass is 290 g/mol. The van der Waals surface area contributed by atoms with Crippen LogP contribution in [0, 0.1) is 16.7 Å². The Morgan fingerprint density at radius 1 is 1.16 bits per heavy atom. The minimum absolute atomic E-state index is 0.00871. The summed E-state index contributed by atoms with van der Waals surface area (Å²) in [6, 6.07) is 8.85. The van der Waals surface area contributed by atoms with Gasteiger partial charge in [-0.15, -0.1) is 0 Å². The number of hydrogen-bond acceptors (Lipinski definition) is 3. The number of nitroso groups, excluding NO2 is 1. The van der Waals surface area contributed by atoms with Crippen LogP contribution in [0.25, 0.3) is 0 Å². The molecular weight excluding hydrogens is 283 g/mol. The van der Waals surface area contributed by atoms with Crippen LogP contribution in [0.5, 0.6) is 0 Å². The lowest BCUT2D eigenvalue weighted by Crippen LogP contribution is -1.90. The minimum Gasteiger partial charge on any atom is -0.243 e. The van der Waals surface area contributed by atoms with E-state index in [2.05, 4.69) is 22.0 Å². The summed E-state index contributed by atoms with van der Waals surface area (Å²) in [6.07, 6.45) is 1.52. The SMILES string of the molecule is O=NCc1cc(Cl)ncc1C#Cc1ccccc1Cl. The molecule has 2 aromatic rings. The van der Waals surface area contributed by atoms with Crippen LogP contribution in [0.1, 0.15) is 16.7 Å². The molecule has 0 unspecified atom stereocenters. The molecule has 3 nitrogen and oxygen atoms in total. The lowest BCUT2D eigenvalue weighted by Gasteiger charge is -1.99. The van der Waals surface area contributed by atoms with E-state index in [4.69, 9.17) is 23.2 Å². The molecule has 0 bridgehead atoms. The van der Waals surface area contributed by atoms with Crippen molar-refractivity contribution in [1.29, 1.82) is 0 Å². The average molecular weight is 291 g/mol. The van der Waals surface area contributed by atoms with Crippen LogP contribution in [-0.2, 0) is 6.54 Å². The molecule has 1 aromatic heterocycles. The van der Waals surface area contributed by atoms with Crippen LogP contribution in [0.2, 0.25) is 10.2 Å². The molecule has 0 saturated carbocycles. The van der Waals surface area contributed by atoms with Gasteiger partial charge in [0.05, 0.1) is 5.02 Å². The molecular formula is C14H8Cl2N2O. The number of pyridine rings is 1. The zero-order chi connectivity index (χ0) is 13.7. The zero-order valence-electron chi connectivity index (χ0n) is 9.73. The molecule has 2 rings (SSSR count). The molecule has 94 valence electrons. The van der Waals surface area contributed by atoms with Gasteiger partial charge in [-0.05, 0) is 23.8 Å². The Bertz CT molecular complexity index is 675. The van der Waals surface area contributed by atoms with Gasteiger partial charge in [0.2, 0.25) is 0 Å². The number of rotatable bonds is 2. The molecule has 1 aromatic carbocycles. The van der Waals surface area contributed by atoms with Crippen molar-refractivity contribution in [2.75, 3.05) is 0 Å². The highest BCUT2D eigenvalue weighted by Gasteiger charge is 2.02. The maximum Gasteiger partial charge on any atom is 0.129 e. The van der Waals surface area contributed by atoms with Gasteiger partial charge in [-0.2, -0.15) is 4.91 Å². The van der Waals surface area contributed by atoms with Crippen molar-refractivity contribution in [3.63, 3.8) is 0 Å². The summed E-state index contributed by atoms with van der Waals surface area (Å²) in [7, 11) is 0.